The first kappa shape index (κ1) is 13.7. The van der Waals surface area contributed by atoms with Crippen molar-refractivity contribution >= 4 is 0 Å². The van der Waals surface area contributed by atoms with Crippen molar-refractivity contribution in [2.45, 2.75) is 12.7 Å². The molecule has 0 fully saturated rings. The van der Waals surface area contributed by atoms with Crippen LogP contribution < -0.4 is 0 Å². The maximum absolute atomic E-state index is 12.9. The minimum atomic E-state index is -4.37. The number of nitrogens with zero attached hydrogens (tertiary/aromatic N) is 1. The van der Waals surface area contributed by atoms with Crippen molar-refractivity contribution in [3.8, 4) is 5.75 Å². The Balaban J connectivity index is 2.76. The van der Waals surface area contributed by atoms with Gasteiger partial charge < -0.3 is 5.11 Å². The smallest absolute Gasteiger partial charge is 0.401 e. The molecule has 1 rings (SSSR count). The predicted molar refractivity (Wildman–Crippen MR) is 50.4 cm³/mol. The molecule has 1 aromatic rings. The minimum absolute atomic E-state index is 0.0181. The van der Waals surface area contributed by atoms with E-state index < -0.39 is 30.1 Å². The highest BCUT2D eigenvalue weighted by atomic mass is 19.4. The Morgan fingerprint density at radius 1 is 1.18 bits per heavy atom. The molecule has 0 heterocycles. The Labute approximate surface area is 94.3 Å². The summed E-state index contributed by atoms with van der Waals surface area (Å²) in [6.07, 6.45) is -4.37. The fourth-order valence-corrected chi connectivity index (χ4v) is 1.38. The van der Waals surface area contributed by atoms with Crippen LogP contribution in [0.2, 0.25) is 0 Å². The highest BCUT2D eigenvalue weighted by Crippen LogP contribution is 2.23. The van der Waals surface area contributed by atoms with Crippen molar-refractivity contribution in [2.24, 2.45) is 0 Å². The average Bonchev–Trinajstić information content (AvgIpc) is 2.10. The first-order chi connectivity index (χ1) is 7.69. The van der Waals surface area contributed by atoms with Gasteiger partial charge in [-0.2, -0.15) is 13.2 Å². The molecule has 7 heteroatoms. The highest BCUT2D eigenvalue weighted by Gasteiger charge is 2.29. The topological polar surface area (TPSA) is 23.5 Å². The second kappa shape index (κ2) is 4.87. The summed E-state index contributed by atoms with van der Waals surface area (Å²) < 4.78 is 61.8. The van der Waals surface area contributed by atoms with E-state index >= 15 is 0 Å². The SMILES string of the molecule is CN(Cc1cc(F)c(O)c(F)c1)CC(F)(F)F. The summed E-state index contributed by atoms with van der Waals surface area (Å²) in [5, 5.41) is 8.81. The van der Waals surface area contributed by atoms with Crippen LogP contribution in [0.4, 0.5) is 22.0 Å². The summed E-state index contributed by atoms with van der Waals surface area (Å²) in [5.41, 5.74) is 0.0181. The Morgan fingerprint density at radius 2 is 1.65 bits per heavy atom. The zero-order valence-electron chi connectivity index (χ0n) is 8.85. The second-order valence-corrected chi connectivity index (χ2v) is 3.70. The van der Waals surface area contributed by atoms with Gasteiger partial charge in [-0.05, 0) is 24.7 Å². The lowest BCUT2D eigenvalue weighted by Crippen LogP contribution is -2.30. The molecule has 0 aliphatic carbocycles. The number of rotatable bonds is 3. The third-order valence-corrected chi connectivity index (χ3v) is 1.98. The molecule has 1 N–H and O–H groups in total. The van der Waals surface area contributed by atoms with Gasteiger partial charge in [0.2, 0.25) is 0 Å². The predicted octanol–water partition coefficient (Wildman–Crippen LogP) is 2.66. The van der Waals surface area contributed by atoms with E-state index in [4.69, 9.17) is 5.11 Å². The number of aromatic hydroxyl groups is 1. The molecule has 0 bridgehead atoms. The fraction of sp³-hybridized carbons (Fsp3) is 0.400. The lowest BCUT2D eigenvalue weighted by Gasteiger charge is -2.18. The zero-order chi connectivity index (χ0) is 13.2. The third kappa shape index (κ3) is 4.18. The molecule has 0 unspecified atom stereocenters. The molecule has 0 atom stereocenters. The number of phenols is 1. The fourth-order valence-electron chi connectivity index (χ4n) is 1.38. The van der Waals surface area contributed by atoms with Gasteiger partial charge in [-0.1, -0.05) is 0 Å². The normalized spacial score (nSPS) is 12.2. The Kier molecular flexibility index (Phi) is 3.92. The van der Waals surface area contributed by atoms with E-state index in [2.05, 4.69) is 0 Å². The van der Waals surface area contributed by atoms with Gasteiger partial charge in [0.05, 0.1) is 6.54 Å². The van der Waals surface area contributed by atoms with Crippen LogP contribution in [0.25, 0.3) is 0 Å². The van der Waals surface area contributed by atoms with E-state index in [9.17, 15) is 22.0 Å². The van der Waals surface area contributed by atoms with E-state index in [1.165, 1.54) is 7.05 Å². The molecular weight excluding hydrogens is 245 g/mol. The van der Waals surface area contributed by atoms with Gasteiger partial charge >= 0.3 is 6.18 Å². The van der Waals surface area contributed by atoms with Gasteiger partial charge in [0, 0.05) is 6.54 Å². The lowest BCUT2D eigenvalue weighted by molar-refractivity contribution is -0.144. The second-order valence-electron chi connectivity index (χ2n) is 3.70. The number of benzene rings is 1. The number of phenolic OH excluding ortho intramolecular Hbond substituents is 1. The number of hydrogen-bond donors (Lipinski definition) is 1. The standard InChI is InChI=1S/C10H10F5NO/c1-16(5-10(13,14)15)4-6-2-7(11)9(17)8(12)3-6/h2-3,17H,4-5H2,1H3. The summed E-state index contributed by atoms with van der Waals surface area (Å²) >= 11 is 0. The molecule has 0 aromatic heterocycles. The monoisotopic (exact) mass is 255 g/mol. The summed E-state index contributed by atoms with van der Waals surface area (Å²) in [6.45, 7) is -1.45. The van der Waals surface area contributed by atoms with Crippen LogP contribution in [0.15, 0.2) is 12.1 Å². The van der Waals surface area contributed by atoms with Crippen molar-refractivity contribution in [1.82, 2.24) is 4.90 Å². The van der Waals surface area contributed by atoms with E-state index in [0.29, 0.717) is 0 Å². The summed E-state index contributed by atoms with van der Waals surface area (Å²) in [4.78, 5) is 0.866. The molecule has 0 aliphatic heterocycles. The first-order valence-electron chi connectivity index (χ1n) is 4.61. The Hall–Kier alpha value is -1.37. The summed E-state index contributed by atoms with van der Waals surface area (Å²) in [5.74, 6) is -3.52. The van der Waals surface area contributed by atoms with E-state index in [-0.39, 0.29) is 12.1 Å². The molecular formula is C10H10F5NO. The van der Waals surface area contributed by atoms with E-state index in [0.717, 1.165) is 17.0 Å². The number of alkyl halides is 3. The Morgan fingerprint density at radius 3 is 2.06 bits per heavy atom. The van der Waals surface area contributed by atoms with Gasteiger partial charge in [0.25, 0.3) is 0 Å². The molecule has 0 aliphatic rings. The molecule has 0 radical (unpaired) electrons. The van der Waals surface area contributed by atoms with Crippen LogP contribution in [-0.2, 0) is 6.54 Å². The van der Waals surface area contributed by atoms with Crippen molar-refractivity contribution in [3.05, 3.63) is 29.3 Å². The maximum atomic E-state index is 12.9. The largest absolute Gasteiger partial charge is 0.503 e. The van der Waals surface area contributed by atoms with Gasteiger partial charge in [-0.15, -0.1) is 0 Å². The average molecular weight is 255 g/mol. The van der Waals surface area contributed by atoms with Gasteiger partial charge in [-0.3, -0.25) is 4.90 Å². The number of hydrogen-bond acceptors (Lipinski definition) is 2. The van der Waals surface area contributed by atoms with E-state index in [1.54, 1.807) is 0 Å². The first-order valence-corrected chi connectivity index (χ1v) is 4.61. The maximum Gasteiger partial charge on any atom is 0.401 e. The van der Waals surface area contributed by atoms with Crippen molar-refractivity contribution in [2.75, 3.05) is 13.6 Å². The molecule has 0 spiro atoms. The van der Waals surface area contributed by atoms with Crippen LogP contribution in [-0.4, -0.2) is 29.8 Å². The molecule has 0 amide bonds. The van der Waals surface area contributed by atoms with Crippen molar-refractivity contribution < 1.29 is 27.1 Å². The van der Waals surface area contributed by atoms with Crippen LogP contribution in [0.3, 0.4) is 0 Å². The molecule has 96 valence electrons. The number of halogens is 5. The van der Waals surface area contributed by atoms with Crippen LogP contribution in [0.5, 0.6) is 5.75 Å². The van der Waals surface area contributed by atoms with E-state index in [1.807, 2.05) is 0 Å². The van der Waals surface area contributed by atoms with Crippen LogP contribution in [0.1, 0.15) is 5.56 Å². The zero-order valence-corrected chi connectivity index (χ0v) is 8.85. The van der Waals surface area contributed by atoms with Gasteiger partial charge in [0.1, 0.15) is 0 Å². The van der Waals surface area contributed by atoms with Gasteiger partial charge in [-0.25, -0.2) is 8.78 Å². The van der Waals surface area contributed by atoms with Crippen molar-refractivity contribution in [3.63, 3.8) is 0 Å². The summed E-state index contributed by atoms with van der Waals surface area (Å²) in [7, 11) is 1.18. The lowest BCUT2D eigenvalue weighted by atomic mass is 10.2. The summed E-state index contributed by atoms with van der Waals surface area (Å²) in [6, 6.07) is 1.59. The molecule has 17 heavy (non-hydrogen) atoms. The quantitative estimate of drug-likeness (QED) is 0.839. The highest BCUT2D eigenvalue weighted by molar-refractivity contribution is 5.29. The van der Waals surface area contributed by atoms with Gasteiger partial charge in [0.15, 0.2) is 17.4 Å². The molecule has 0 saturated carbocycles. The van der Waals surface area contributed by atoms with Crippen LogP contribution >= 0.6 is 0 Å². The Bertz CT molecular complexity index is 381. The van der Waals surface area contributed by atoms with Crippen molar-refractivity contribution in [1.29, 1.82) is 0 Å². The molecule has 1 aromatic carbocycles. The molecule has 0 saturated heterocycles. The molecule has 2 nitrogen and oxygen atoms in total. The minimum Gasteiger partial charge on any atom is -0.503 e. The third-order valence-electron chi connectivity index (χ3n) is 1.98. The van der Waals surface area contributed by atoms with Crippen LogP contribution in [0, 0.1) is 11.6 Å².